The van der Waals surface area contributed by atoms with Crippen molar-refractivity contribution >= 4 is 17.9 Å². The molecule has 0 N–H and O–H groups in total. The molecule has 0 unspecified atom stereocenters. The van der Waals surface area contributed by atoms with Crippen molar-refractivity contribution in [1.29, 1.82) is 0 Å². The Morgan fingerprint density at radius 2 is 0.600 bits per heavy atom. The quantitative estimate of drug-likeness (QED) is 0.391. The molecule has 0 saturated heterocycles. The van der Waals surface area contributed by atoms with E-state index < -0.39 is 17.9 Å². The van der Waals surface area contributed by atoms with E-state index in [0.29, 0.717) is 0 Å². The largest absolute Gasteiger partial charge is 1.00 e. The second kappa shape index (κ2) is 19.6. The summed E-state index contributed by atoms with van der Waals surface area (Å²) in [4.78, 5) is 30.3. The minimum Gasteiger partial charge on any atom is -0.545 e. The fraction of sp³-hybridized carbons (Fsp3) is 0. The molecule has 138 valence electrons. The number of hydrogen-bond acceptors (Lipinski definition) is 6. The van der Waals surface area contributed by atoms with Crippen molar-refractivity contribution < 1.29 is 108 Å². The zero-order chi connectivity index (χ0) is 20.1. The van der Waals surface area contributed by atoms with Crippen LogP contribution in [0.2, 0.25) is 0 Å². The van der Waals surface area contributed by atoms with Gasteiger partial charge >= 0.3 is 78.0 Å². The summed E-state index contributed by atoms with van der Waals surface area (Å²) in [6.07, 6.45) is 0. The van der Waals surface area contributed by atoms with Crippen LogP contribution in [0.5, 0.6) is 0 Å². The van der Waals surface area contributed by atoms with Gasteiger partial charge in [0.2, 0.25) is 0 Å². The summed E-state index contributed by atoms with van der Waals surface area (Å²) in [5.41, 5.74) is 0.660. The van der Waals surface area contributed by atoms with Gasteiger partial charge in [0.1, 0.15) is 0 Å². The van der Waals surface area contributed by atoms with Crippen LogP contribution in [-0.2, 0) is 0 Å². The van der Waals surface area contributed by atoms with Crippen LogP contribution in [0.25, 0.3) is 0 Å². The third-order valence-electron chi connectivity index (χ3n) is 3.03. The number of rotatable bonds is 3. The molecular formula is C21H15LiNa2O6. The van der Waals surface area contributed by atoms with Crippen LogP contribution in [0.15, 0.2) is 91.0 Å². The molecule has 3 aromatic rings. The van der Waals surface area contributed by atoms with Crippen molar-refractivity contribution in [3.63, 3.8) is 0 Å². The van der Waals surface area contributed by atoms with Gasteiger partial charge in [-0.15, -0.1) is 0 Å². The van der Waals surface area contributed by atoms with E-state index in [2.05, 4.69) is 0 Å². The van der Waals surface area contributed by atoms with Crippen LogP contribution < -0.4 is 93.3 Å². The van der Waals surface area contributed by atoms with Gasteiger partial charge in [-0.1, -0.05) is 91.0 Å². The van der Waals surface area contributed by atoms with Crippen LogP contribution in [-0.4, -0.2) is 17.9 Å². The Kier molecular flexibility index (Phi) is 21.8. The van der Waals surface area contributed by atoms with Gasteiger partial charge in [0.25, 0.3) is 0 Å². The molecule has 0 aliphatic heterocycles. The molecule has 9 heteroatoms. The topological polar surface area (TPSA) is 120 Å². The molecule has 0 aliphatic rings. The molecule has 30 heavy (non-hydrogen) atoms. The maximum absolute atomic E-state index is 10.1. The van der Waals surface area contributed by atoms with E-state index in [1.807, 2.05) is 0 Å². The summed E-state index contributed by atoms with van der Waals surface area (Å²) in [6, 6.07) is 24.2. The van der Waals surface area contributed by atoms with E-state index in [-0.39, 0.29) is 94.7 Å². The molecule has 3 aromatic carbocycles. The summed E-state index contributed by atoms with van der Waals surface area (Å²) in [6.45, 7) is 0. The number of carboxylic acid groups (broad SMARTS) is 3. The summed E-state index contributed by atoms with van der Waals surface area (Å²) in [5, 5.41) is 30.3. The number of benzene rings is 3. The first-order valence-corrected chi connectivity index (χ1v) is 7.71. The Morgan fingerprint density at radius 3 is 0.700 bits per heavy atom. The van der Waals surface area contributed by atoms with Crippen LogP contribution in [0.1, 0.15) is 31.1 Å². The van der Waals surface area contributed by atoms with Gasteiger partial charge in [-0.05, 0) is 16.7 Å². The molecule has 0 fully saturated rings. The minimum absolute atomic E-state index is 0. The monoisotopic (exact) mass is 416 g/mol. The maximum atomic E-state index is 10.1. The zero-order valence-corrected chi connectivity index (χ0v) is 21.1. The van der Waals surface area contributed by atoms with Crippen molar-refractivity contribution in [3.05, 3.63) is 108 Å². The van der Waals surface area contributed by atoms with E-state index in [1.54, 1.807) is 54.6 Å². The molecule has 0 spiro atoms. The first-order chi connectivity index (χ1) is 12.9. The molecular weight excluding hydrogens is 401 g/mol. The van der Waals surface area contributed by atoms with E-state index in [1.165, 1.54) is 36.4 Å². The molecule has 0 aromatic heterocycles. The number of carboxylic acids is 3. The fourth-order valence-corrected chi connectivity index (χ4v) is 1.72. The second-order valence-electron chi connectivity index (χ2n) is 4.96. The van der Waals surface area contributed by atoms with Crippen molar-refractivity contribution in [1.82, 2.24) is 0 Å². The molecule has 0 heterocycles. The minimum atomic E-state index is -1.13. The number of carbonyl (C=O) groups excluding carboxylic acids is 3. The Hall–Kier alpha value is -1.33. The maximum Gasteiger partial charge on any atom is 1.00 e. The molecule has 0 saturated carbocycles. The number of aromatic carboxylic acids is 3. The molecule has 0 radical (unpaired) electrons. The van der Waals surface area contributed by atoms with E-state index >= 15 is 0 Å². The van der Waals surface area contributed by atoms with Crippen molar-refractivity contribution in [2.45, 2.75) is 0 Å². The van der Waals surface area contributed by atoms with Gasteiger partial charge in [-0.2, -0.15) is 0 Å². The molecule has 0 amide bonds. The standard InChI is InChI=1S/3C7H6O2.Li.2Na/c3*8-7(9)6-4-2-1-3-5-6;;;/h3*1-5H,(H,8,9);;;/q;;;3*+1/p-3. The predicted octanol–water partition coefficient (Wildman–Crippen LogP) is -8.84. The zero-order valence-electron chi connectivity index (χ0n) is 17.1. The summed E-state index contributed by atoms with van der Waals surface area (Å²) < 4.78 is 0. The van der Waals surface area contributed by atoms with E-state index in [4.69, 9.17) is 0 Å². The van der Waals surface area contributed by atoms with Crippen molar-refractivity contribution in [2.75, 3.05) is 0 Å². The van der Waals surface area contributed by atoms with E-state index in [0.717, 1.165) is 0 Å². The van der Waals surface area contributed by atoms with Crippen LogP contribution in [0.4, 0.5) is 0 Å². The summed E-state index contributed by atoms with van der Waals surface area (Å²) in [5.74, 6) is -3.39. The molecule has 3 rings (SSSR count). The summed E-state index contributed by atoms with van der Waals surface area (Å²) in [7, 11) is 0. The first kappa shape index (κ1) is 33.3. The SMILES string of the molecule is O=C([O-])c1ccccc1.O=C([O-])c1ccccc1.O=C([O-])c1ccccc1.[Li+].[Na+].[Na+]. The van der Waals surface area contributed by atoms with Crippen LogP contribution in [0.3, 0.4) is 0 Å². The van der Waals surface area contributed by atoms with Crippen molar-refractivity contribution in [3.8, 4) is 0 Å². The molecule has 0 atom stereocenters. The van der Waals surface area contributed by atoms with Gasteiger partial charge in [-0.3, -0.25) is 0 Å². The van der Waals surface area contributed by atoms with Gasteiger partial charge in [0.05, 0.1) is 17.9 Å². The van der Waals surface area contributed by atoms with Crippen LogP contribution in [0, 0.1) is 0 Å². The number of carbonyl (C=O) groups is 3. The average molecular weight is 416 g/mol. The van der Waals surface area contributed by atoms with Gasteiger partial charge in [0, 0.05) is 0 Å². The second-order valence-corrected chi connectivity index (χ2v) is 4.96. The molecule has 0 aliphatic carbocycles. The van der Waals surface area contributed by atoms with Gasteiger partial charge < -0.3 is 29.7 Å². The normalized spacial score (nSPS) is 8.00. The van der Waals surface area contributed by atoms with E-state index in [9.17, 15) is 29.7 Å². The third-order valence-corrected chi connectivity index (χ3v) is 3.03. The summed E-state index contributed by atoms with van der Waals surface area (Å²) >= 11 is 0. The Balaban J connectivity index is -0.000000347. The van der Waals surface area contributed by atoms with Gasteiger partial charge in [0.15, 0.2) is 0 Å². The Bertz CT molecular complexity index is 745. The molecule has 6 nitrogen and oxygen atoms in total. The van der Waals surface area contributed by atoms with Gasteiger partial charge in [-0.25, -0.2) is 0 Å². The Labute approximate surface area is 231 Å². The third kappa shape index (κ3) is 14.6. The Morgan fingerprint density at radius 1 is 0.433 bits per heavy atom. The van der Waals surface area contributed by atoms with Crippen LogP contribution >= 0.6 is 0 Å². The fourth-order valence-electron chi connectivity index (χ4n) is 1.72. The average Bonchev–Trinajstić information content (AvgIpc) is 2.71. The van der Waals surface area contributed by atoms with Crippen molar-refractivity contribution in [2.24, 2.45) is 0 Å². The smallest absolute Gasteiger partial charge is 0.545 e. The predicted molar refractivity (Wildman–Crippen MR) is 92.3 cm³/mol. The number of hydrogen-bond donors (Lipinski definition) is 0. The molecule has 0 bridgehead atoms. The first-order valence-electron chi connectivity index (χ1n) is 7.71.